The minimum Gasteiger partial charge on any atom is -0.345 e. The van der Waals surface area contributed by atoms with Crippen LogP contribution in [-0.4, -0.2) is 49.7 Å². The van der Waals surface area contributed by atoms with Crippen LogP contribution in [0.5, 0.6) is 0 Å². The molecule has 1 amide bonds. The van der Waals surface area contributed by atoms with Crippen LogP contribution < -0.4 is 5.56 Å². The first kappa shape index (κ1) is 17.6. The molecule has 2 heterocycles. The van der Waals surface area contributed by atoms with Gasteiger partial charge in [-0.1, -0.05) is 35.5 Å². The highest BCUT2D eigenvalue weighted by molar-refractivity contribution is 5.94. The fourth-order valence-electron chi connectivity index (χ4n) is 2.96. The zero-order chi connectivity index (χ0) is 19.7. The number of carbonyl (C=O) groups excluding carboxylic acids is 1. The van der Waals surface area contributed by atoms with Crippen molar-refractivity contribution in [3.8, 4) is 5.69 Å². The van der Waals surface area contributed by atoms with Crippen molar-refractivity contribution in [3.63, 3.8) is 0 Å². The fourth-order valence-corrected chi connectivity index (χ4v) is 2.96. The monoisotopic (exact) mass is 374 g/mol. The summed E-state index contributed by atoms with van der Waals surface area (Å²) < 4.78 is 2.86. The third-order valence-electron chi connectivity index (χ3n) is 4.37. The summed E-state index contributed by atoms with van der Waals surface area (Å²) in [4.78, 5) is 26.5. The van der Waals surface area contributed by atoms with Gasteiger partial charge in [0.2, 0.25) is 0 Å². The van der Waals surface area contributed by atoms with Gasteiger partial charge in [0, 0.05) is 19.7 Å². The Morgan fingerprint density at radius 2 is 1.86 bits per heavy atom. The maximum Gasteiger partial charge on any atom is 0.281 e. The van der Waals surface area contributed by atoms with E-state index in [1.54, 1.807) is 37.0 Å². The molecule has 0 saturated heterocycles. The largest absolute Gasteiger partial charge is 0.345 e. The van der Waals surface area contributed by atoms with E-state index in [1.807, 2.05) is 36.4 Å². The van der Waals surface area contributed by atoms with Crippen LogP contribution in [0.1, 0.15) is 15.9 Å². The topological polar surface area (TPSA) is 85.9 Å². The van der Waals surface area contributed by atoms with Crippen molar-refractivity contribution in [2.75, 3.05) is 14.1 Å². The van der Waals surface area contributed by atoms with Crippen LogP contribution in [0.15, 0.2) is 65.6 Å². The molecule has 0 N–H and O–H groups in total. The quantitative estimate of drug-likeness (QED) is 0.543. The summed E-state index contributed by atoms with van der Waals surface area (Å²) in [7, 11) is 3.40. The van der Waals surface area contributed by atoms with Crippen LogP contribution in [0, 0.1) is 0 Å². The summed E-state index contributed by atoms with van der Waals surface area (Å²) in [6, 6.07) is 16.6. The van der Waals surface area contributed by atoms with Crippen LogP contribution in [0.4, 0.5) is 0 Å². The first-order valence-corrected chi connectivity index (χ1v) is 8.72. The number of carbonyl (C=O) groups is 1. The smallest absolute Gasteiger partial charge is 0.281 e. The molecule has 28 heavy (non-hydrogen) atoms. The van der Waals surface area contributed by atoms with E-state index in [0.29, 0.717) is 16.6 Å². The molecule has 140 valence electrons. The molecular formula is C20H18N6O2. The van der Waals surface area contributed by atoms with Crippen molar-refractivity contribution < 1.29 is 4.79 Å². The Morgan fingerprint density at radius 3 is 2.61 bits per heavy atom. The molecule has 2 aromatic heterocycles. The lowest BCUT2D eigenvalue weighted by atomic mass is 10.1. The van der Waals surface area contributed by atoms with Crippen molar-refractivity contribution in [1.29, 1.82) is 0 Å². The zero-order valence-electron chi connectivity index (χ0n) is 15.5. The molecule has 0 unspecified atom stereocenters. The van der Waals surface area contributed by atoms with Gasteiger partial charge in [0.25, 0.3) is 11.5 Å². The van der Waals surface area contributed by atoms with Gasteiger partial charge in [-0.05, 0) is 29.8 Å². The Kier molecular flexibility index (Phi) is 4.44. The van der Waals surface area contributed by atoms with Crippen LogP contribution in [0.2, 0.25) is 0 Å². The Balaban J connectivity index is 1.70. The van der Waals surface area contributed by atoms with Gasteiger partial charge in [-0.15, -0.1) is 5.10 Å². The number of nitrogens with zero attached hydrogens (tertiary/aromatic N) is 6. The maximum atomic E-state index is 12.8. The zero-order valence-corrected chi connectivity index (χ0v) is 15.5. The number of hydrogen-bond acceptors (Lipinski definition) is 5. The van der Waals surface area contributed by atoms with Gasteiger partial charge in [-0.25, -0.2) is 9.36 Å². The van der Waals surface area contributed by atoms with Crippen LogP contribution in [-0.2, 0) is 6.54 Å². The van der Waals surface area contributed by atoms with E-state index in [-0.39, 0.29) is 18.0 Å². The predicted molar refractivity (Wildman–Crippen MR) is 104 cm³/mol. The third kappa shape index (κ3) is 3.16. The predicted octanol–water partition coefficient (Wildman–Crippen LogP) is 1.73. The highest BCUT2D eigenvalue weighted by atomic mass is 16.2. The number of benzene rings is 2. The molecule has 0 spiro atoms. The van der Waals surface area contributed by atoms with Crippen molar-refractivity contribution >= 4 is 16.9 Å². The molecular weight excluding hydrogens is 356 g/mol. The van der Waals surface area contributed by atoms with E-state index in [4.69, 9.17) is 0 Å². The third-order valence-corrected chi connectivity index (χ3v) is 4.37. The van der Waals surface area contributed by atoms with Crippen molar-refractivity contribution in [2.45, 2.75) is 6.54 Å². The van der Waals surface area contributed by atoms with Crippen LogP contribution in [0.25, 0.3) is 16.7 Å². The molecule has 0 atom stereocenters. The van der Waals surface area contributed by atoms with E-state index in [9.17, 15) is 9.59 Å². The molecule has 2 aromatic carbocycles. The second kappa shape index (κ2) is 7.07. The number of aromatic nitrogens is 5. The summed E-state index contributed by atoms with van der Waals surface area (Å²) in [5.41, 5.74) is 2.28. The van der Waals surface area contributed by atoms with Gasteiger partial charge < -0.3 is 4.90 Å². The molecule has 4 rings (SSSR count). The molecule has 0 bridgehead atoms. The van der Waals surface area contributed by atoms with E-state index >= 15 is 0 Å². The van der Waals surface area contributed by atoms with Gasteiger partial charge in [0.05, 0.1) is 18.4 Å². The normalized spacial score (nSPS) is 10.9. The van der Waals surface area contributed by atoms with Gasteiger partial charge in [0.1, 0.15) is 5.39 Å². The van der Waals surface area contributed by atoms with Gasteiger partial charge in [-0.3, -0.25) is 9.59 Å². The highest BCUT2D eigenvalue weighted by Crippen LogP contribution is 2.13. The molecule has 8 heteroatoms. The average molecular weight is 374 g/mol. The molecule has 0 fully saturated rings. The van der Waals surface area contributed by atoms with Gasteiger partial charge in [-0.2, -0.15) is 5.10 Å². The van der Waals surface area contributed by atoms with Crippen molar-refractivity contribution in [2.24, 2.45) is 0 Å². The molecule has 0 aliphatic carbocycles. The van der Waals surface area contributed by atoms with E-state index in [0.717, 1.165) is 11.3 Å². The lowest BCUT2D eigenvalue weighted by Gasteiger charge is -2.11. The molecule has 8 nitrogen and oxygen atoms in total. The summed E-state index contributed by atoms with van der Waals surface area (Å²) >= 11 is 0. The Bertz CT molecular complexity index is 1210. The molecule has 0 aliphatic heterocycles. The second-order valence-corrected chi connectivity index (χ2v) is 6.58. The highest BCUT2D eigenvalue weighted by Gasteiger charge is 2.14. The number of fused-ring (bicyclic) bond motifs is 1. The van der Waals surface area contributed by atoms with E-state index in [1.165, 1.54) is 15.8 Å². The molecule has 4 aromatic rings. The minimum absolute atomic E-state index is 0.0973. The van der Waals surface area contributed by atoms with Crippen molar-refractivity contribution in [3.05, 3.63) is 82.3 Å². The minimum atomic E-state index is -0.281. The summed E-state index contributed by atoms with van der Waals surface area (Å²) in [5.74, 6) is -0.0973. The summed E-state index contributed by atoms with van der Waals surface area (Å²) in [6.07, 6.45) is 1.50. The average Bonchev–Trinajstić information content (AvgIpc) is 3.15. The Hall–Kier alpha value is -3.81. The maximum absolute atomic E-state index is 12.8. The number of rotatable bonds is 4. The Labute approximate surface area is 160 Å². The lowest BCUT2D eigenvalue weighted by molar-refractivity contribution is 0.0827. The SMILES string of the molecule is CN(C)C(=O)c1cccc(Cn2nnc3c(cnn3-c3ccccc3)c2=O)c1. The summed E-state index contributed by atoms with van der Waals surface area (Å²) in [6.45, 7) is 0.215. The van der Waals surface area contributed by atoms with Gasteiger partial charge >= 0.3 is 0 Å². The molecule has 0 saturated carbocycles. The van der Waals surface area contributed by atoms with Crippen LogP contribution in [0.3, 0.4) is 0 Å². The number of amides is 1. The van der Waals surface area contributed by atoms with E-state index < -0.39 is 0 Å². The number of hydrogen-bond donors (Lipinski definition) is 0. The summed E-state index contributed by atoms with van der Waals surface area (Å²) in [5, 5.41) is 12.9. The lowest BCUT2D eigenvalue weighted by Crippen LogP contribution is -2.25. The first-order valence-electron chi connectivity index (χ1n) is 8.72. The van der Waals surface area contributed by atoms with Crippen molar-refractivity contribution in [1.82, 2.24) is 29.7 Å². The first-order chi connectivity index (χ1) is 13.5. The van der Waals surface area contributed by atoms with Gasteiger partial charge in [0.15, 0.2) is 5.65 Å². The number of para-hydroxylation sites is 1. The Morgan fingerprint density at radius 1 is 1.07 bits per heavy atom. The van der Waals surface area contributed by atoms with E-state index in [2.05, 4.69) is 15.4 Å². The molecule has 0 aliphatic rings. The fraction of sp³-hybridized carbons (Fsp3) is 0.150. The standard InChI is InChI=1S/C20H18N6O2/c1-24(2)19(27)15-8-6-7-14(11-15)13-25-20(28)17-12-21-26(18(17)22-23-25)16-9-4-3-5-10-16/h3-12H,13H2,1-2H3. The van der Waals surface area contributed by atoms with Crippen LogP contribution >= 0.6 is 0 Å². The second-order valence-electron chi connectivity index (χ2n) is 6.58. The molecule has 0 radical (unpaired) electrons.